The van der Waals surface area contributed by atoms with Crippen molar-refractivity contribution >= 4 is 40.7 Å². The minimum Gasteiger partial charge on any atom is -0.372 e. The summed E-state index contributed by atoms with van der Waals surface area (Å²) in [6.07, 6.45) is 0. The molecule has 1 N–H and O–H groups in total. The highest BCUT2D eigenvalue weighted by Gasteiger charge is 2.27. The number of benzene rings is 1. The fourth-order valence-corrected chi connectivity index (χ4v) is 2.16. The van der Waals surface area contributed by atoms with Crippen molar-refractivity contribution in [2.75, 3.05) is 24.7 Å². The first kappa shape index (κ1) is 19.2. The van der Waals surface area contributed by atoms with Crippen LogP contribution < -0.4 is 10.2 Å². The zero-order valence-corrected chi connectivity index (χ0v) is 14.3. The number of halogens is 2. The lowest BCUT2D eigenvalue weighted by Crippen LogP contribution is -2.49. The van der Waals surface area contributed by atoms with Gasteiger partial charge in [-0.05, 0) is 32.0 Å². The lowest BCUT2D eigenvalue weighted by molar-refractivity contribution is -0.128. The van der Waals surface area contributed by atoms with Crippen LogP contribution in [0.4, 0.5) is 5.69 Å². The molecule has 1 unspecified atom stereocenters. The molecule has 0 saturated carbocycles. The molecule has 0 saturated heterocycles. The van der Waals surface area contributed by atoms with Gasteiger partial charge in [-0.1, -0.05) is 23.2 Å². The summed E-state index contributed by atoms with van der Waals surface area (Å²) in [5.74, 6) is -0.854. The summed E-state index contributed by atoms with van der Waals surface area (Å²) in [5, 5.41) is 11.6. The van der Waals surface area contributed by atoms with Gasteiger partial charge in [0, 0.05) is 12.3 Å². The Labute approximate surface area is 144 Å². The van der Waals surface area contributed by atoms with Crippen LogP contribution in [0.5, 0.6) is 0 Å². The Morgan fingerprint density at radius 1 is 1.39 bits per heavy atom. The first-order valence-electron chi connectivity index (χ1n) is 6.91. The molecule has 0 aliphatic heterocycles. The van der Waals surface area contributed by atoms with Crippen LogP contribution in [0.3, 0.4) is 0 Å². The molecule has 0 spiro atoms. The van der Waals surface area contributed by atoms with E-state index in [9.17, 15) is 9.59 Å². The van der Waals surface area contributed by atoms with Crippen LogP contribution in [0.2, 0.25) is 10.0 Å². The van der Waals surface area contributed by atoms with Gasteiger partial charge in [-0.3, -0.25) is 14.5 Å². The average Bonchev–Trinajstić information content (AvgIpc) is 2.53. The van der Waals surface area contributed by atoms with E-state index < -0.39 is 17.9 Å². The average molecular weight is 358 g/mol. The molecule has 0 radical (unpaired) electrons. The van der Waals surface area contributed by atoms with Gasteiger partial charge < -0.3 is 10.1 Å². The fraction of sp³-hybridized carbons (Fsp3) is 0.400. The van der Waals surface area contributed by atoms with Crippen LogP contribution >= 0.6 is 23.2 Å². The van der Waals surface area contributed by atoms with Crippen LogP contribution in [-0.4, -0.2) is 37.6 Å². The number of hydrogen-bond acceptors (Lipinski definition) is 4. The van der Waals surface area contributed by atoms with Gasteiger partial charge in [-0.15, -0.1) is 0 Å². The molecule has 0 aromatic heterocycles. The Morgan fingerprint density at radius 2 is 2.09 bits per heavy atom. The summed E-state index contributed by atoms with van der Waals surface area (Å²) >= 11 is 11.9. The lowest BCUT2D eigenvalue weighted by Gasteiger charge is -2.28. The number of rotatable bonds is 7. The monoisotopic (exact) mass is 357 g/mol. The van der Waals surface area contributed by atoms with E-state index in [0.29, 0.717) is 17.3 Å². The van der Waals surface area contributed by atoms with Crippen molar-refractivity contribution in [3.05, 3.63) is 28.2 Å². The third-order valence-corrected chi connectivity index (χ3v) is 3.73. The largest absolute Gasteiger partial charge is 0.372 e. The van der Waals surface area contributed by atoms with Crippen molar-refractivity contribution in [1.29, 1.82) is 5.26 Å². The van der Waals surface area contributed by atoms with Gasteiger partial charge in [0.25, 0.3) is 5.91 Å². The molecule has 1 aromatic carbocycles. The van der Waals surface area contributed by atoms with E-state index in [0.717, 1.165) is 0 Å². The molecule has 6 nitrogen and oxygen atoms in total. The Balaban J connectivity index is 3.10. The molecule has 2 amide bonds. The second-order valence-corrected chi connectivity index (χ2v) is 5.37. The van der Waals surface area contributed by atoms with Gasteiger partial charge in [-0.2, -0.15) is 5.26 Å². The lowest BCUT2D eigenvalue weighted by atomic mass is 10.2. The van der Waals surface area contributed by atoms with Crippen molar-refractivity contribution < 1.29 is 14.3 Å². The fourth-order valence-electron chi connectivity index (χ4n) is 1.87. The van der Waals surface area contributed by atoms with Crippen molar-refractivity contribution in [2.24, 2.45) is 0 Å². The van der Waals surface area contributed by atoms with Gasteiger partial charge in [0.15, 0.2) is 0 Å². The smallest absolute Gasteiger partial charge is 0.253 e. The molecule has 1 aromatic rings. The van der Waals surface area contributed by atoms with E-state index in [4.69, 9.17) is 33.2 Å². The van der Waals surface area contributed by atoms with Crippen molar-refractivity contribution in [1.82, 2.24) is 5.32 Å². The van der Waals surface area contributed by atoms with Crippen LogP contribution in [0.25, 0.3) is 0 Å². The van der Waals surface area contributed by atoms with Crippen LogP contribution in [-0.2, 0) is 14.3 Å². The van der Waals surface area contributed by atoms with Crippen LogP contribution in [0.15, 0.2) is 18.2 Å². The van der Waals surface area contributed by atoms with E-state index >= 15 is 0 Å². The SMILES string of the molecule is CCOCC(=O)N(c1ccc(Cl)c(Cl)c1)C(C)C(=O)NCC#N. The number of nitrogens with one attached hydrogen (secondary N) is 1. The number of nitriles is 1. The maximum Gasteiger partial charge on any atom is 0.253 e. The molecule has 0 aliphatic carbocycles. The van der Waals surface area contributed by atoms with Crippen molar-refractivity contribution in [3.63, 3.8) is 0 Å². The molecule has 1 rings (SSSR count). The summed E-state index contributed by atoms with van der Waals surface area (Å²) < 4.78 is 5.13. The number of ether oxygens (including phenoxy) is 1. The Bertz CT molecular complexity index is 616. The molecule has 0 aliphatic rings. The van der Waals surface area contributed by atoms with Gasteiger partial charge in [0.2, 0.25) is 5.91 Å². The highest BCUT2D eigenvalue weighted by atomic mass is 35.5. The summed E-state index contributed by atoms with van der Waals surface area (Å²) in [4.78, 5) is 25.8. The van der Waals surface area contributed by atoms with Crippen LogP contribution in [0, 0.1) is 11.3 Å². The molecule has 0 heterocycles. The summed E-state index contributed by atoms with van der Waals surface area (Å²) in [7, 11) is 0. The molecule has 124 valence electrons. The number of amides is 2. The summed E-state index contributed by atoms with van der Waals surface area (Å²) in [6, 6.07) is 5.61. The quantitative estimate of drug-likeness (QED) is 0.759. The minimum atomic E-state index is -0.839. The zero-order chi connectivity index (χ0) is 17.4. The topological polar surface area (TPSA) is 82.4 Å². The minimum absolute atomic E-state index is 0.141. The second kappa shape index (κ2) is 9.36. The van der Waals surface area contributed by atoms with E-state index in [1.54, 1.807) is 26.0 Å². The van der Waals surface area contributed by atoms with Gasteiger partial charge >= 0.3 is 0 Å². The Kier molecular flexibility index (Phi) is 7.83. The second-order valence-electron chi connectivity index (χ2n) is 4.55. The molecule has 8 heteroatoms. The third-order valence-electron chi connectivity index (χ3n) is 2.99. The van der Waals surface area contributed by atoms with Crippen LogP contribution in [0.1, 0.15) is 13.8 Å². The normalized spacial score (nSPS) is 11.4. The number of carbonyl (C=O) groups excluding carboxylic acids is 2. The first-order valence-corrected chi connectivity index (χ1v) is 7.67. The van der Waals surface area contributed by atoms with E-state index in [1.165, 1.54) is 11.0 Å². The van der Waals surface area contributed by atoms with E-state index in [2.05, 4.69) is 5.32 Å². The maximum atomic E-state index is 12.4. The first-order chi connectivity index (χ1) is 10.9. The Hall–Kier alpha value is -1.81. The summed E-state index contributed by atoms with van der Waals surface area (Å²) in [5.41, 5.74) is 0.420. The number of hydrogen-bond donors (Lipinski definition) is 1. The predicted molar refractivity (Wildman–Crippen MR) is 88.5 cm³/mol. The molecule has 0 bridgehead atoms. The number of carbonyl (C=O) groups is 2. The van der Waals surface area contributed by atoms with Crippen molar-refractivity contribution in [2.45, 2.75) is 19.9 Å². The highest BCUT2D eigenvalue weighted by Crippen LogP contribution is 2.28. The number of nitrogens with zero attached hydrogens (tertiary/aromatic N) is 2. The van der Waals surface area contributed by atoms with Gasteiger partial charge in [0.05, 0.1) is 16.1 Å². The van der Waals surface area contributed by atoms with E-state index in [-0.39, 0.29) is 18.2 Å². The molecular formula is C15H17Cl2N3O3. The third kappa shape index (κ3) is 5.39. The number of anilines is 1. The van der Waals surface area contributed by atoms with Gasteiger partial charge in [0.1, 0.15) is 19.2 Å². The van der Waals surface area contributed by atoms with E-state index in [1.807, 2.05) is 6.07 Å². The van der Waals surface area contributed by atoms with Gasteiger partial charge in [-0.25, -0.2) is 0 Å². The molecular weight excluding hydrogens is 341 g/mol. The van der Waals surface area contributed by atoms with Crippen molar-refractivity contribution in [3.8, 4) is 6.07 Å². The molecule has 0 fully saturated rings. The maximum absolute atomic E-state index is 12.4. The molecule has 1 atom stereocenters. The predicted octanol–water partition coefficient (Wildman–Crippen LogP) is 2.39. The zero-order valence-electron chi connectivity index (χ0n) is 12.8. The highest BCUT2D eigenvalue weighted by molar-refractivity contribution is 6.42. The summed E-state index contributed by atoms with van der Waals surface area (Å²) in [6.45, 7) is 3.37. The standard InChI is InChI=1S/C15H17Cl2N3O3/c1-3-23-9-14(21)20(10(2)15(22)19-7-6-18)11-4-5-12(16)13(17)8-11/h4-5,8,10H,3,7,9H2,1-2H3,(H,19,22). The molecule has 23 heavy (non-hydrogen) atoms. The Morgan fingerprint density at radius 3 is 2.65 bits per heavy atom.